The summed E-state index contributed by atoms with van der Waals surface area (Å²) in [4.78, 5) is 19.4. The van der Waals surface area contributed by atoms with Crippen molar-refractivity contribution in [1.82, 2.24) is 5.06 Å². The maximum Gasteiger partial charge on any atom is 0.435 e. The molecular formula is C17H22N2O6. The largest absolute Gasteiger partial charge is 0.435 e. The average Bonchev–Trinajstić information content (AvgIpc) is 3.16. The molecular weight excluding hydrogens is 328 g/mol. The number of rotatable bonds is 3. The van der Waals surface area contributed by atoms with Crippen LogP contribution in [0, 0.1) is 0 Å². The minimum absolute atomic E-state index is 0.199. The van der Waals surface area contributed by atoms with Crippen molar-refractivity contribution in [3.8, 4) is 0 Å². The number of hydrogen-bond acceptors (Lipinski definition) is 7. The molecule has 8 nitrogen and oxygen atoms in total. The van der Waals surface area contributed by atoms with Crippen LogP contribution in [-0.2, 0) is 19.0 Å². The van der Waals surface area contributed by atoms with Gasteiger partial charge < -0.3 is 24.2 Å². The molecule has 5 atom stereocenters. The van der Waals surface area contributed by atoms with E-state index < -0.39 is 42.6 Å². The predicted molar refractivity (Wildman–Crippen MR) is 86.3 cm³/mol. The Morgan fingerprint density at radius 2 is 1.84 bits per heavy atom. The molecule has 0 aromatic heterocycles. The SMILES string of the molecule is CC1N(c2ccccc2)C(=O)ON1C1OC(CO)C2OC(C)(C)OC21. The smallest absolute Gasteiger partial charge is 0.394 e. The molecule has 1 N–H and O–H groups in total. The van der Waals surface area contributed by atoms with Gasteiger partial charge in [-0.15, -0.1) is 0 Å². The van der Waals surface area contributed by atoms with Crippen LogP contribution >= 0.6 is 0 Å². The molecule has 1 aromatic rings. The van der Waals surface area contributed by atoms with Gasteiger partial charge in [0.1, 0.15) is 24.5 Å². The summed E-state index contributed by atoms with van der Waals surface area (Å²) in [5, 5.41) is 11.1. The van der Waals surface area contributed by atoms with E-state index in [1.807, 2.05) is 51.1 Å². The number of aliphatic hydroxyl groups excluding tert-OH is 1. The third kappa shape index (κ3) is 2.70. The van der Waals surface area contributed by atoms with E-state index in [4.69, 9.17) is 19.0 Å². The van der Waals surface area contributed by atoms with Gasteiger partial charge in [0.2, 0.25) is 0 Å². The second kappa shape index (κ2) is 5.93. The Bertz CT molecular complexity index is 654. The van der Waals surface area contributed by atoms with E-state index in [-0.39, 0.29) is 6.61 Å². The summed E-state index contributed by atoms with van der Waals surface area (Å²) in [6.07, 6.45) is -2.94. The molecule has 1 amide bonds. The summed E-state index contributed by atoms with van der Waals surface area (Å²) in [6, 6.07) is 9.29. The normalized spacial score (nSPS) is 37.4. The zero-order valence-corrected chi connectivity index (χ0v) is 14.4. The van der Waals surface area contributed by atoms with Crippen molar-refractivity contribution in [3.63, 3.8) is 0 Å². The topological polar surface area (TPSA) is 80.7 Å². The predicted octanol–water partition coefficient (Wildman–Crippen LogP) is 1.44. The molecule has 3 aliphatic heterocycles. The molecule has 0 saturated carbocycles. The number of para-hydroxylation sites is 1. The van der Waals surface area contributed by atoms with Crippen molar-refractivity contribution >= 4 is 11.8 Å². The first-order valence-corrected chi connectivity index (χ1v) is 8.38. The zero-order chi connectivity index (χ0) is 17.8. The van der Waals surface area contributed by atoms with Crippen molar-refractivity contribution in [3.05, 3.63) is 30.3 Å². The molecule has 25 heavy (non-hydrogen) atoms. The molecule has 3 saturated heterocycles. The number of hydrogen-bond donors (Lipinski definition) is 1. The van der Waals surface area contributed by atoms with Crippen molar-refractivity contribution < 1.29 is 28.9 Å². The monoisotopic (exact) mass is 350 g/mol. The zero-order valence-electron chi connectivity index (χ0n) is 14.4. The minimum Gasteiger partial charge on any atom is -0.394 e. The minimum atomic E-state index is -0.781. The highest BCUT2D eigenvalue weighted by molar-refractivity contribution is 5.89. The molecule has 0 spiro atoms. The lowest BCUT2D eigenvalue weighted by molar-refractivity contribution is -0.259. The Morgan fingerprint density at radius 1 is 1.16 bits per heavy atom. The summed E-state index contributed by atoms with van der Waals surface area (Å²) in [7, 11) is 0. The van der Waals surface area contributed by atoms with E-state index in [1.165, 1.54) is 5.06 Å². The van der Waals surface area contributed by atoms with Crippen LogP contribution in [0.1, 0.15) is 20.8 Å². The number of benzene rings is 1. The van der Waals surface area contributed by atoms with E-state index in [1.54, 1.807) is 4.90 Å². The molecule has 0 bridgehead atoms. The fourth-order valence-corrected chi connectivity index (χ4v) is 3.66. The van der Waals surface area contributed by atoms with Gasteiger partial charge in [-0.2, -0.15) is 0 Å². The third-order valence-electron chi connectivity index (χ3n) is 4.71. The molecule has 136 valence electrons. The highest BCUT2D eigenvalue weighted by atomic mass is 16.8. The Hall–Kier alpha value is -1.71. The molecule has 3 aliphatic rings. The van der Waals surface area contributed by atoms with Crippen LogP contribution in [0.25, 0.3) is 0 Å². The van der Waals surface area contributed by atoms with Crippen molar-refractivity contribution in [2.75, 3.05) is 11.5 Å². The van der Waals surface area contributed by atoms with Gasteiger partial charge in [-0.05, 0) is 32.9 Å². The standard InChI is InChI=1S/C17H22N2O6/c1-10-18(11-7-5-4-6-8-11)16(21)25-19(10)15-14-13(12(9-20)22-15)23-17(2,3)24-14/h4-8,10,12-15,20H,9H2,1-3H3. The second-order valence-corrected chi connectivity index (χ2v) is 6.87. The average molecular weight is 350 g/mol. The van der Waals surface area contributed by atoms with Gasteiger partial charge in [0.25, 0.3) is 0 Å². The summed E-state index contributed by atoms with van der Waals surface area (Å²) in [5.74, 6) is -0.781. The number of hydroxylamine groups is 2. The number of amides is 1. The Labute approximate surface area is 145 Å². The van der Waals surface area contributed by atoms with E-state index in [9.17, 15) is 9.90 Å². The van der Waals surface area contributed by atoms with E-state index in [0.717, 1.165) is 5.69 Å². The summed E-state index contributed by atoms with van der Waals surface area (Å²) >= 11 is 0. The summed E-state index contributed by atoms with van der Waals surface area (Å²) in [6.45, 7) is 5.28. The van der Waals surface area contributed by atoms with Crippen molar-refractivity contribution in [2.24, 2.45) is 0 Å². The fourth-order valence-electron chi connectivity index (χ4n) is 3.66. The molecule has 0 aliphatic carbocycles. The Kier molecular flexibility index (Phi) is 3.97. The maximum absolute atomic E-state index is 12.4. The Balaban J connectivity index is 1.59. The highest BCUT2D eigenvalue weighted by Gasteiger charge is 2.60. The molecule has 3 heterocycles. The maximum atomic E-state index is 12.4. The number of nitrogens with zero attached hydrogens (tertiary/aromatic N) is 2. The van der Waals surface area contributed by atoms with Crippen molar-refractivity contribution in [2.45, 2.75) is 57.3 Å². The van der Waals surface area contributed by atoms with E-state index in [0.29, 0.717) is 0 Å². The lowest BCUT2D eigenvalue weighted by Gasteiger charge is -2.30. The Morgan fingerprint density at radius 3 is 2.52 bits per heavy atom. The first-order valence-electron chi connectivity index (χ1n) is 8.38. The first kappa shape index (κ1) is 16.7. The van der Waals surface area contributed by atoms with Gasteiger partial charge in [-0.25, -0.2) is 4.79 Å². The summed E-state index contributed by atoms with van der Waals surface area (Å²) in [5.41, 5.74) is 0.736. The molecule has 5 unspecified atom stereocenters. The van der Waals surface area contributed by atoms with Gasteiger partial charge in [-0.3, -0.25) is 4.90 Å². The van der Waals surface area contributed by atoms with Gasteiger partial charge in [0.05, 0.1) is 6.61 Å². The number of aliphatic hydroxyl groups is 1. The lowest BCUT2D eigenvalue weighted by atomic mass is 10.1. The van der Waals surface area contributed by atoms with E-state index in [2.05, 4.69) is 0 Å². The molecule has 4 rings (SSSR count). The summed E-state index contributed by atoms with van der Waals surface area (Å²) < 4.78 is 17.7. The van der Waals surface area contributed by atoms with Gasteiger partial charge in [-0.1, -0.05) is 23.3 Å². The van der Waals surface area contributed by atoms with Crippen LogP contribution in [0.5, 0.6) is 0 Å². The number of carbonyl (C=O) groups excluding carboxylic acids is 1. The number of fused-ring (bicyclic) bond motifs is 1. The fraction of sp³-hybridized carbons (Fsp3) is 0.588. The van der Waals surface area contributed by atoms with Crippen LogP contribution in [0.15, 0.2) is 30.3 Å². The van der Waals surface area contributed by atoms with Crippen LogP contribution in [-0.4, -0.2) is 59.4 Å². The highest BCUT2D eigenvalue weighted by Crippen LogP contribution is 2.41. The molecule has 8 heteroatoms. The van der Waals surface area contributed by atoms with Crippen LogP contribution in [0.2, 0.25) is 0 Å². The second-order valence-electron chi connectivity index (χ2n) is 6.87. The van der Waals surface area contributed by atoms with Crippen molar-refractivity contribution in [1.29, 1.82) is 0 Å². The van der Waals surface area contributed by atoms with E-state index >= 15 is 0 Å². The van der Waals surface area contributed by atoms with Gasteiger partial charge in [0, 0.05) is 5.69 Å². The molecule has 0 radical (unpaired) electrons. The van der Waals surface area contributed by atoms with Crippen LogP contribution < -0.4 is 4.90 Å². The van der Waals surface area contributed by atoms with Gasteiger partial charge in [0.15, 0.2) is 12.0 Å². The number of carbonyl (C=O) groups is 1. The number of ether oxygens (including phenoxy) is 3. The van der Waals surface area contributed by atoms with Crippen LogP contribution in [0.3, 0.4) is 0 Å². The third-order valence-corrected chi connectivity index (χ3v) is 4.71. The molecule has 3 fully saturated rings. The first-order chi connectivity index (χ1) is 11.9. The van der Waals surface area contributed by atoms with Crippen LogP contribution in [0.4, 0.5) is 10.5 Å². The number of anilines is 1. The lowest BCUT2D eigenvalue weighted by Crippen LogP contribution is -2.48. The van der Waals surface area contributed by atoms with Gasteiger partial charge >= 0.3 is 6.09 Å². The molecule has 1 aromatic carbocycles. The quantitative estimate of drug-likeness (QED) is 0.883.